The van der Waals surface area contributed by atoms with Crippen LogP contribution in [0.2, 0.25) is 0 Å². The summed E-state index contributed by atoms with van der Waals surface area (Å²) in [7, 11) is -3.60. The van der Waals surface area contributed by atoms with Crippen LogP contribution in [0.1, 0.15) is 45.6 Å². The van der Waals surface area contributed by atoms with Gasteiger partial charge in [0.2, 0.25) is 0 Å². The molecule has 4 nitrogen and oxygen atoms in total. The van der Waals surface area contributed by atoms with Gasteiger partial charge in [0.1, 0.15) is 0 Å². The van der Waals surface area contributed by atoms with Crippen molar-refractivity contribution < 1.29 is 8.42 Å². The Hall–Kier alpha value is -1.46. The second-order valence-corrected chi connectivity index (χ2v) is 7.28. The molecule has 0 aliphatic rings. The van der Waals surface area contributed by atoms with Crippen LogP contribution in [0.3, 0.4) is 0 Å². The van der Waals surface area contributed by atoms with Crippen molar-refractivity contribution in [3.63, 3.8) is 0 Å². The maximum Gasteiger partial charge on any atom is 0.258 e. The number of nitrogens with one attached hydrogen (secondary N) is 1. The molecule has 0 amide bonds. The Bertz CT molecular complexity index is 739. The average Bonchev–Trinajstić information content (AvgIpc) is 2.45. The van der Waals surface area contributed by atoms with Crippen molar-refractivity contribution >= 4 is 20.8 Å². The Morgan fingerprint density at radius 1 is 1.14 bits per heavy atom. The molecule has 1 N–H and O–H groups in total. The molecule has 0 radical (unpaired) electrons. The van der Waals surface area contributed by atoms with E-state index in [-0.39, 0.29) is 11.1 Å². The summed E-state index contributed by atoms with van der Waals surface area (Å²) < 4.78 is 27.7. The van der Waals surface area contributed by atoms with E-state index in [9.17, 15) is 8.42 Å². The fourth-order valence-corrected chi connectivity index (χ4v) is 3.73. The third-order valence-electron chi connectivity index (χ3n) is 3.63. The van der Waals surface area contributed by atoms with Crippen LogP contribution in [-0.2, 0) is 10.0 Å². The van der Waals surface area contributed by atoms with E-state index in [0.29, 0.717) is 11.3 Å². The zero-order valence-corrected chi connectivity index (χ0v) is 13.7. The predicted octanol–water partition coefficient (Wildman–Crippen LogP) is 3.44. The lowest BCUT2D eigenvalue weighted by molar-refractivity contribution is 0.553. The van der Waals surface area contributed by atoms with Gasteiger partial charge in [-0.25, -0.2) is 18.1 Å². The van der Waals surface area contributed by atoms with E-state index in [1.807, 2.05) is 38.1 Å². The molecule has 1 aromatic carbocycles. The Morgan fingerprint density at radius 2 is 1.76 bits per heavy atom. The van der Waals surface area contributed by atoms with E-state index in [1.165, 1.54) is 0 Å². The molecule has 0 fully saturated rings. The highest BCUT2D eigenvalue weighted by molar-refractivity contribution is 7.89. The van der Waals surface area contributed by atoms with Gasteiger partial charge >= 0.3 is 0 Å². The highest BCUT2D eigenvalue weighted by Crippen LogP contribution is 2.28. The number of benzene rings is 1. The van der Waals surface area contributed by atoms with E-state index in [0.717, 1.165) is 17.4 Å². The number of nitrogens with zero attached hydrogens (tertiary/aromatic N) is 1. The Morgan fingerprint density at radius 3 is 2.33 bits per heavy atom. The zero-order chi connectivity index (χ0) is 15.6. The maximum atomic E-state index is 12.5. The van der Waals surface area contributed by atoms with E-state index >= 15 is 0 Å². The third-order valence-corrected chi connectivity index (χ3v) is 5.18. The first-order valence-corrected chi connectivity index (χ1v) is 8.75. The number of hydrogen-bond acceptors (Lipinski definition) is 3. The molecule has 0 spiro atoms. The van der Waals surface area contributed by atoms with Crippen molar-refractivity contribution in [3.05, 3.63) is 36.0 Å². The topological polar surface area (TPSA) is 59.1 Å². The molecular formula is C16H22N2O2S. The lowest BCUT2D eigenvalue weighted by atomic mass is 9.99. The van der Waals surface area contributed by atoms with Crippen LogP contribution in [0, 0.1) is 0 Å². The quantitative estimate of drug-likeness (QED) is 0.920. The smallest absolute Gasteiger partial charge is 0.243 e. The summed E-state index contributed by atoms with van der Waals surface area (Å²) in [6, 6.07) is 7.43. The molecular weight excluding hydrogens is 284 g/mol. The summed E-state index contributed by atoms with van der Waals surface area (Å²) >= 11 is 0. The largest absolute Gasteiger partial charge is 0.258 e. The lowest BCUT2D eigenvalue weighted by Gasteiger charge is -2.15. The van der Waals surface area contributed by atoms with Crippen molar-refractivity contribution in [3.8, 4) is 0 Å². The van der Waals surface area contributed by atoms with Crippen LogP contribution in [0.25, 0.3) is 10.8 Å². The van der Waals surface area contributed by atoms with E-state index < -0.39 is 10.0 Å². The highest BCUT2D eigenvalue weighted by atomic mass is 32.2. The van der Waals surface area contributed by atoms with Crippen molar-refractivity contribution in [2.24, 2.45) is 0 Å². The van der Waals surface area contributed by atoms with Gasteiger partial charge in [0.25, 0.3) is 10.0 Å². The number of rotatable bonds is 5. The molecule has 2 rings (SSSR count). The molecule has 0 aliphatic heterocycles. The van der Waals surface area contributed by atoms with Gasteiger partial charge in [-0.2, -0.15) is 0 Å². The van der Waals surface area contributed by atoms with E-state index in [4.69, 9.17) is 0 Å². The summed E-state index contributed by atoms with van der Waals surface area (Å²) in [5.41, 5.74) is 1.06. The summed E-state index contributed by atoms with van der Waals surface area (Å²) in [4.78, 5) is 4.24. The first-order chi connectivity index (χ1) is 9.86. The highest BCUT2D eigenvalue weighted by Gasteiger charge is 2.22. The molecule has 2 aromatic rings. The minimum atomic E-state index is -3.60. The minimum absolute atomic E-state index is 0.111. The molecule has 1 aromatic heterocycles. The van der Waals surface area contributed by atoms with Crippen LogP contribution in [0.4, 0.5) is 0 Å². The maximum absolute atomic E-state index is 12.5. The van der Waals surface area contributed by atoms with Crippen molar-refractivity contribution in [1.82, 2.24) is 9.71 Å². The number of aromatic nitrogens is 1. The molecule has 1 atom stereocenters. The number of sulfonamides is 1. The van der Waals surface area contributed by atoms with Crippen LogP contribution < -0.4 is 4.72 Å². The summed E-state index contributed by atoms with van der Waals surface area (Å²) in [5, 5.41) is 1.74. The standard InChI is InChI=1S/C16H22N2O2S/c1-5-12(4)18-21(19,20)16-14-9-7-6-8-13(14)15(10-17-16)11(2)3/h6-12,18H,5H2,1-4H3/t12-/m1/s1. The van der Waals surface area contributed by atoms with Gasteiger partial charge in [-0.3, -0.25) is 0 Å². The predicted molar refractivity (Wildman–Crippen MR) is 85.9 cm³/mol. The first kappa shape index (κ1) is 15.9. The molecule has 5 heteroatoms. The van der Waals surface area contributed by atoms with Gasteiger partial charge in [0.15, 0.2) is 5.03 Å². The van der Waals surface area contributed by atoms with Gasteiger partial charge in [0.05, 0.1) is 0 Å². The van der Waals surface area contributed by atoms with Crippen LogP contribution in [-0.4, -0.2) is 19.4 Å². The first-order valence-electron chi connectivity index (χ1n) is 7.26. The van der Waals surface area contributed by atoms with Crippen molar-refractivity contribution in [1.29, 1.82) is 0 Å². The average molecular weight is 306 g/mol. The molecule has 0 saturated carbocycles. The summed E-state index contributed by atoms with van der Waals surface area (Å²) in [5.74, 6) is 0.293. The fourth-order valence-electron chi connectivity index (χ4n) is 2.27. The van der Waals surface area contributed by atoms with Crippen LogP contribution in [0.15, 0.2) is 35.5 Å². The van der Waals surface area contributed by atoms with Crippen molar-refractivity contribution in [2.45, 2.75) is 51.1 Å². The van der Waals surface area contributed by atoms with Gasteiger partial charge in [-0.05, 0) is 30.2 Å². The molecule has 0 unspecified atom stereocenters. The SMILES string of the molecule is CC[C@@H](C)NS(=O)(=O)c1ncc(C(C)C)c2ccccc12. The fraction of sp³-hybridized carbons (Fsp3) is 0.438. The van der Waals surface area contributed by atoms with E-state index in [1.54, 1.807) is 6.20 Å². The number of pyridine rings is 1. The molecule has 1 heterocycles. The summed E-state index contributed by atoms with van der Waals surface area (Å²) in [6.45, 7) is 7.95. The Labute approximate surface area is 126 Å². The molecule has 0 aliphatic carbocycles. The normalized spacial score (nSPS) is 13.8. The molecule has 114 valence electrons. The number of hydrogen-bond donors (Lipinski definition) is 1. The number of fused-ring (bicyclic) bond motifs is 1. The third kappa shape index (κ3) is 3.24. The minimum Gasteiger partial charge on any atom is -0.243 e. The van der Waals surface area contributed by atoms with Gasteiger partial charge in [-0.15, -0.1) is 0 Å². The molecule has 0 saturated heterocycles. The Kier molecular flexibility index (Phi) is 4.64. The van der Waals surface area contributed by atoms with Gasteiger partial charge in [0, 0.05) is 17.6 Å². The lowest BCUT2D eigenvalue weighted by Crippen LogP contribution is -2.32. The monoisotopic (exact) mass is 306 g/mol. The van der Waals surface area contributed by atoms with Gasteiger partial charge < -0.3 is 0 Å². The second kappa shape index (κ2) is 6.12. The van der Waals surface area contributed by atoms with Gasteiger partial charge in [-0.1, -0.05) is 45.0 Å². The zero-order valence-electron chi connectivity index (χ0n) is 12.9. The van der Waals surface area contributed by atoms with Crippen LogP contribution in [0.5, 0.6) is 0 Å². The molecule has 0 bridgehead atoms. The van der Waals surface area contributed by atoms with E-state index in [2.05, 4.69) is 23.6 Å². The van der Waals surface area contributed by atoms with Crippen LogP contribution >= 0.6 is 0 Å². The molecule has 21 heavy (non-hydrogen) atoms. The van der Waals surface area contributed by atoms with Crippen molar-refractivity contribution in [2.75, 3.05) is 0 Å². The Balaban J connectivity index is 2.64. The second-order valence-electron chi connectivity index (χ2n) is 5.65. The summed E-state index contributed by atoms with van der Waals surface area (Å²) in [6.07, 6.45) is 2.42.